The van der Waals surface area contributed by atoms with Gasteiger partial charge in [0.25, 0.3) is 5.91 Å². The lowest BCUT2D eigenvalue weighted by atomic mass is 10.1. The van der Waals surface area contributed by atoms with Crippen molar-refractivity contribution in [2.45, 2.75) is 6.54 Å². The molecule has 0 atom stereocenters. The van der Waals surface area contributed by atoms with Gasteiger partial charge in [-0.3, -0.25) is 9.69 Å². The smallest absolute Gasteiger partial charge is 0.276 e. The summed E-state index contributed by atoms with van der Waals surface area (Å²) in [5.41, 5.74) is 1.18. The van der Waals surface area contributed by atoms with E-state index in [9.17, 15) is 4.79 Å². The molecule has 23 heavy (non-hydrogen) atoms. The molecule has 118 valence electrons. The Morgan fingerprint density at radius 2 is 2.26 bits per heavy atom. The highest BCUT2D eigenvalue weighted by molar-refractivity contribution is 9.10. The van der Waals surface area contributed by atoms with Gasteiger partial charge >= 0.3 is 0 Å². The fourth-order valence-electron chi connectivity index (χ4n) is 2.25. The minimum atomic E-state index is -0.201. The van der Waals surface area contributed by atoms with E-state index in [1.807, 2.05) is 18.2 Å². The predicted molar refractivity (Wildman–Crippen MR) is 93.7 cm³/mol. The predicted octanol–water partition coefficient (Wildman–Crippen LogP) is 3.31. The van der Waals surface area contributed by atoms with E-state index in [0.717, 1.165) is 10.0 Å². The summed E-state index contributed by atoms with van der Waals surface area (Å²) in [5, 5.41) is 3.30. The number of methoxy groups -OCH3 is 1. The van der Waals surface area contributed by atoms with Crippen LogP contribution < -0.4 is 10.1 Å². The van der Waals surface area contributed by atoms with Crippen LogP contribution >= 0.6 is 28.1 Å². The van der Waals surface area contributed by atoms with Crippen molar-refractivity contribution in [3.8, 4) is 5.75 Å². The molecule has 0 saturated carbocycles. The summed E-state index contributed by atoms with van der Waals surface area (Å²) < 4.78 is 11.5. The molecule has 1 aliphatic heterocycles. The molecule has 1 aromatic heterocycles. The second kappa shape index (κ2) is 6.55. The molecule has 1 aromatic carbocycles. The maximum atomic E-state index is 12.5. The number of carbonyl (C=O) groups is 1. The average molecular weight is 393 g/mol. The zero-order valence-electron chi connectivity index (χ0n) is 12.2. The minimum absolute atomic E-state index is 0.201. The first-order valence-electron chi connectivity index (χ1n) is 6.79. The van der Waals surface area contributed by atoms with Gasteiger partial charge in [0.1, 0.15) is 17.2 Å². The maximum Gasteiger partial charge on any atom is 0.276 e. The Labute approximate surface area is 147 Å². The third-order valence-electron chi connectivity index (χ3n) is 3.35. The highest BCUT2D eigenvalue weighted by Crippen LogP contribution is 2.26. The molecule has 2 heterocycles. The summed E-state index contributed by atoms with van der Waals surface area (Å²) in [5.74, 6) is 1.14. The molecular formula is C16H13BrN2O3S. The summed E-state index contributed by atoms with van der Waals surface area (Å²) in [6.07, 6.45) is 3.29. The normalized spacial score (nSPS) is 16.1. The molecule has 1 saturated heterocycles. The second-order valence-corrected chi connectivity index (χ2v) is 6.15. The molecule has 0 unspecified atom stereocenters. The van der Waals surface area contributed by atoms with Crippen molar-refractivity contribution in [2.24, 2.45) is 0 Å². The summed E-state index contributed by atoms with van der Waals surface area (Å²) >= 11 is 8.66. The van der Waals surface area contributed by atoms with Gasteiger partial charge in [-0.2, -0.15) is 0 Å². The summed E-state index contributed by atoms with van der Waals surface area (Å²) in [7, 11) is 1.59. The van der Waals surface area contributed by atoms with Gasteiger partial charge in [-0.15, -0.1) is 0 Å². The molecule has 0 aliphatic carbocycles. The van der Waals surface area contributed by atoms with Crippen LogP contribution in [0, 0.1) is 0 Å². The molecular weight excluding hydrogens is 380 g/mol. The fourth-order valence-corrected chi connectivity index (χ4v) is 2.88. The Hall–Kier alpha value is -2.12. The van der Waals surface area contributed by atoms with Crippen LogP contribution in [-0.2, 0) is 11.3 Å². The molecule has 3 rings (SSSR count). The van der Waals surface area contributed by atoms with Gasteiger partial charge in [0, 0.05) is 10.0 Å². The molecule has 0 bridgehead atoms. The number of amides is 1. The number of furan rings is 1. The molecule has 1 amide bonds. The van der Waals surface area contributed by atoms with Crippen LogP contribution in [0.3, 0.4) is 0 Å². The number of hydrogen-bond acceptors (Lipinski definition) is 4. The van der Waals surface area contributed by atoms with E-state index in [4.69, 9.17) is 21.4 Å². The fraction of sp³-hybridized carbons (Fsp3) is 0.125. The Kier molecular flexibility index (Phi) is 4.49. The zero-order chi connectivity index (χ0) is 16.4. The average Bonchev–Trinajstić information content (AvgIpc) is 3.12. The molecule has 2 aromatic rings. The van der Waals surface area contributed by atoms with Gasteiger partial charge in [0.05, 0.1) is 19.9 Å². The SMILES string of the molecule is COc1ccc(Br)cc1/C=C1/NC(=S)N(Cc2ccco2)C1=O. The van der Waals surface area contributed by atoms with Gasteiger partial charge in [0.15, 0.2) is 5.11 Å². The number of halogens is 1. The molecule has 0 spiro atoms. The van der Waals surface area contributed by atoms with Crippen LogP contribution in [0.15, 0.2) is 51.2 Å². The molecule has 1 N–H and O–H groups in total. The van der Waals surface area contributed by atoms with Crippen molar-refractivity contribution >= 4 is 45.2 Å². The van der Waals surface area contributed by atoms with Crippen molar-refractivity contribution in [1.82, 2.24) is 10.2 Å². The number of nitrogens with zero attached hydrogens (tertiary/aromatic N) is 1. The lowest BCUT2D eigenvalue weighted by Crippen LogP contribution is -2.29. The number of hydrogen-bond donors (Lipinski definition) is 1. The van der Waals surface area contributed by atoms with Crippen LogP contribution in [0.25, 0.3) is 6.08 Å². The van der Waals surface area contributed by atoms with Gasteiger partial charge in [-0.1, -0.05) is 15.9 Å². The molecule has 7 heteroatoms. The Balaban J connectivity index is 1.88. The zero-order valence-corrected chi connectivity index (χ0v) is 14.6. The van der Waals surface area contributed by atoms with Crippen LogP contribution in [0.1, 0.15) is 11.3 Å². The quantitative estimate of drug-likeness (QED) is 0.638. The van der Waals surface area contributed by atoms with Crippen molar-refractivity contribution in [2.75, 3.05) is 7.11 Å². The first kappa shape index (κ1) is 15.8. The molecule has 1 fully saturated rings. The van der Waals surface area contributed by atoms with Crippen molar-refractivity contribution in [3.63, 3.8) is 0 Å². The third kappa shape index (κ3) is 3.30. The van der Waals surface area contributed by atoms with Crippen molar-refractivity contribution in [1.29, 1.82) is 0 Å². The van der Waals surface area contributed by atoms with E-state index >= 15 is 0 Å². The van der Waals surface area contributed by atoms with Gasteiger partial charge in [0.2, 0.25) is 0 Å². The van der Waals surface area contributed by atoms with Crippen molar-refractivity contribution < 1.29 is 13.9 Å². The van der Waals surface area contributed by atoms with Crippen LogP contribution in [0.2, 0.25) is 0 Å². The van der Waals surface area contributed by atoms with Crippen LogP contribution in [0.5, 0.6) is 5.75 Å². The van der Waals surface area contributed by atoms with E-state index in [-0.39, 0.29) is 5.91 Å². The number of thiocarbonyl (C=S) groups is 1. The van der Waals surface area contributed by atoms with Gasteiger partial charge in [-0.05, 0) is 48.6 Å². The number of ether oxygens (including phenoxy) is 1. The first-order chi connectivity index (χ1) is 11.1. The Morgan fingerprint density at radius 1 is 1.43 bits per heavy atom. The maximum absolute atomic E-state index is 12.5. The van der Waals surface area contributed by atoms with Crippen molar-refractivity contribution in [3.05, 3.63) is 58.1 Å². The van der Waals surface area contributed by atoms with Gasteiger partial charge < -0.3 is 14.5 Å². The van der Waals surface area contributed by atoms with E-state index in [1.165, 1.54) is 4.90 Å². The first-order valence-corrected chi connectivity index (χ1v) is 7.99. The lowest BCUT2D eigenvalue weighted by Gasteiger charge is -2.11. The highest BCUT2D eigenvalue weighted by Gasteiger charge is 2.31. The number of rotatable bonds is 4. The van der Waals surface area contributed by atoms with Gasteiger partial charge in [-0.25, -0.2) is 0 Å². The lowest BCUT2D eigenvalue weighted by molar-refractivity contribution is -0.122. The third-order valence-corrected chi connectivity index (χ3v) is 4.16. The van der Waals surface area contributed by atoms with Crippen LogP contribution in [-0.4, -0.2) is 23.0 Å². The number of carbonyl (C=O) groups excluding carboxylic acids is 1. The molecule has 5 nitrogen and oxygen atoms in total. The standard InChI is InChI=1S/C16H13BrN2O3S/c1-21-14-5-4-11(17)7-10(14)8-13-15(20)19(16(23)18-13)9-12-3-2-6-22-12/h2-8H,9H2,1H3,(H,18,23)/b13-8+. The van der Waals surface area contributed by atoms with Crippen LogP contribution in [0.4, 0.5) is 0 Å². The monoisotopic (exact) mass is 392 g/mol. The van der Waals surface area contributed by atoms with E-state index in [1.54, 1.807) is 31.6 Å². The number of benzene rings is 1. The summed E-state index contributed by atoms with van der Waals surface area (Å²) in [4.78, 5) is 14.0. The Morgan fingerprint density at radius 3 is 2.96 bits per heavy atom. The second-order valence-electron chi connectivity index (χ2n) is 4.85. The summed E-state index contributed by atoms with van der Waals surface area (Å²) in [6, 6.07) is 9.15. The topological polar surface area (TPSA) is 54.7 Å². The minimum Gasteiger partial charge on any atom is -0.496 e. The summed E-state index contributed by atoms with van der Waals surface area (Å²) in [6.45, 7) is 0.296. The highest BCUT2D eigenvalue weighted by atomic mass is 79.9. The largest absolute Gasteiger partial charge is 0.496 e. The molecule has 0 radical (unpaired) electrons. The number of nitrogens with one attached hydrogen (secondary N) is 1. The van der Waals surface area contributed by atoms with E-state index in [2.05, 4.69) is 21.2 Å². The Bertz CT molecular complexity index is 787. The molecule has 1 aliphatic rings. The van der Waals surface area contributed by atoms with E-state index in [0.29, 0.717) is 28.9 Å². The van der Waals surface area contributed by atoms with E-state index < -0.39 is 0 Å².